The van der Waals surface area contributed by atoms with Crippen LogP contribution in [0.1, 0.15) is 5.69 Å². The van der Waals surface area contributed by atoms with Crippen LogP contribution in [0.2, 0.25) is 0 Å². The molecule has 2 N–H and O–H groups in total. The smallest absolute Gasteiger partial charge is 0.311 e. The number of carbonyl (C=O) groups excluding carboxylic acids is 2. The fourth-order valence-corrected chi connectivity index (χ4v) is 3.05. The van der Waals surface area contributed by atoms with E-state index in [2.05, 4.69) is 20.0 Å². The predicted molar refractivity (Wildman–Crippen MR) is 98.2 cm³/mol. The van der Waals surface area contributed by atoms with Crippen molar-refractivity contribution in [2.24, 2.45) is 0 Å². The highest BCUT2D eigenvalue weighted by Crippen LogP contribution is 2.19. The van der Waals surface area contributed by atoms with Crippen LogP contribution in [0, 0.1) is 0 Å². The van der Waals surface area contributed by atoms with E-state index in [1.165, 1.54) is 13.2 Å². The number of benzene rings is 1. The van der Waals surface area contributed by atoms with Gasteiger partial charge < -0.3 is 15.0 Å². The van der Waals surface area contributed by atoms with E-state index in [-0.39, 0.29) is 28.8 Å². The average Bonchev–Trinajstić information content (AvgIpc) is 2.59. The van der Waals surface area contributed by atoms with Gasteiger partial charge in [0.25, 0.3) is 5.56 Å². The molecule has 2 aromatic rings. The molecule has 0 radical (unpaired) electrons. The second kappa shape index (κ2) is 9.28. The van der Waals surface area contributed by atoms with Crippen molar-refractivity contribution in [3.05, 3.63) is 46.4 Å². The third-order valence-corrected chi connectivity index (χ3v) is 4.62. The molecule has 9 heteroatoms. The van der Waals surface area contributed by atoms with E-state index in [9.17, 15) is 14.4 Å². The maximum absolute atomic E-state index is 12.0. The van der Waals surface area contributed by atoms with Crippen LogP contribution in [0.4, 0.5) is 5.69 Å². The summed E-state index contributed by atoms with van der Waals surface area (Å²) < 4.78 is 4.55. The van der Waals surface area contributed by atoms with Gasteiger partial charge in [-0.15, -0.1) is 11.8 Å². The Morgan fingerprint density at radius 2 is 2.12 bits per heavy atom. The standard InChI is InChI=1S/C16H17N3O4S2/c1-23-15(22)8-11-7-13(20)19-16(18-11)25-9-14(21)17-10-4-3-5-12(6-10)24-2/h3-7H,8-9H2,1-2H3,(H,17,21)(H,18,19,20). The zero-order valence-electron chi connectivity index (χ0n) is 13.7. The minimum Gasteiger partial charge on any atom is -0.469 e. The highest BCUT2D eigenvalue weighted by atomic mass is 32.2. The number of rotatable bonds is 7. The first kappa shape index (κ1) is 19.1. The molecule has 0 fully saturated rings. The zero-order chi connectivity index (χ0) is 18.2. The van der Waals surface area contributed by atoms with Crippen LogP contribution >= 0.6 is 23.5 Å². The Hall–Kier alpha value is -2.26. The van der Waals surface area contributed by atoms with Gasteiger partial charge >= 0.3 is 5.97 Å². The molecule has 0 spiro atoms. The van der Waals surface area contributed by atoms with E-state index in [1.807, 2.05) is 24.5 Å². The number of methoxy groups -OCH3 is 1. The second-order valence-corrected chi connectivity index (χ2v) is 6.71. The van der Waals surface area contributed by atoms with Gasteiger partial charge in [0.2, 0.25) is 5.91 Å². The van der Waals surface area contributed by atoms with Gasteiger partial charge in [0.15, 0.2) is 5.16 Å². The number of carbonyl (C=O) groups is 2. The van der Waals surface area contributed by atoms with Gasteiger partial charge in [-0.3, -0.25) is 14.4 Å². The summed E-state index contributed by atoms with van der Waals surface area (Å²) in [6, 6.07) is 8.74. The highest BCUT2D eigenvalue weighted by Gasteiger charge is 2.10. The van der Waals surface area contributed by atoms with Gasteiger partial charge in [0.1, 0.15) is 0 Å². The Morgan fingerprint density at radius 1 is 1.32 bits per heavy atom. The summed E-state index contributed by atoms with van der Waals surface area (Å²) in [7, 11) is 1.27. The van der Waals surface area contributed by atoms with Crippen LogP contribution in [0.25, 0.3) is 0 Å². The first-order valence-electron chi connectivity index (χ1n) is 7.24. The van der Waals surface area contributed by atoms with E-state index in [0.29, 0.717) is 11.4 Å². The first-order chi connectivity index (χ1) is 12.0. The summed E-state index contributed by atoms with van der Waals surface area (Å²) in [6.45, 7) is 0. The van der Waals surface area contributed by atoms with Crippen molar-refractivity contribution in [3.8, 4) is 0 Å². The lowest BCUT2D eigenvalue weighted by Crippen LogP contribution is -2.17. The lowest BCUT2D eigenvalue weighted by Gasteiger charge is -2.07. The van der Waals surface area contributed by atoms with Crippen molar-refractivity contribution in [1.82, 2.24) is 9.97 Å². The molecule has 1 amide bonds. The minimum absolute atomic E-state index is 0.0775. The number of hydrogen-bond donors (Lipinski definition) is 2. The Kier molecular flexibility index (Phi) is 7.08. The molecule has 0 aliphatic rings. The maximum atomic E-state index is 12.0. The number of anilines is 1. The van der Waals surface area contributed by atoms with Crippen molar-refractivity contribution in [2.45, 2.75) is 16.5 Å². The lowest BCUT2D eigenvalue weighted by atomic mass is 10.3. The lowest BCUT2D eigenvalue weighted by molar-refractivity contribution is -0.139. The first-order valence-corrected chi connectivity index (χ1v) is 9.45. The van der Waals surface area contributed by atoms with E-state index in [4.69, 9.17) is 0 Å². The molecule has 25 heavy (non-hydrogen) atoms. The van der Waals surface area contributed by atoms with Gasteiger partial charge in [-0.25, -0.2) is 4.98 Å². The second-order valence-electron chi connectivity index (χ2n) is 4.86. The molecular weight excluding hydrogens is 362 g/mol. The Bertz CT molecular complexity index is 823. The van der Waals surface area contributed by atoms with Crippen LogP contribution in [-0.2, 0) is 20.7 Å². The number of thioether (sulfide) groups is 2. The summed E-state index contributed by atoms with van der Waals surface area (Å²) in [5.74, 6) is -0.626. The Balaban J connectivity index is 1.96. The number of hydrogen-bond acceptors (Lipinski definition) is 7. The third kappa shape index (κ3) is 6.28. The Labute approximate surface area is 153 Å². The molecule has 1 heterocycles. The fourth-order valence-electron chi connectivity index (χ4n) is 1.89. The highest BCUT2D eigenvalue weighted by molar-refractivity contribution is 7.99. The van der Waals surface area contributed by atoms with Crippen molar-refractivity contribution >= 4 is 41.1 Å². The molecule has 0 saturated heterocycles. The summed E-state index contributed by atoms with van der Waals surface area (Å²) in [4.78, 5) is 42.7. The topological polar surface area (TPSA) is 101 Å². The summed E-state index contributed by atoms with van der Waals surface area (Å²) in [5.41, 5.74) is 0.619. The van der Waals surface area contributed by atoms with E-state index < -0.39 is 5.97 Å². The van der Waals surface area contributed by atoms with Crippen LogP contribution in [-0.4, -0.2) is 41.0 Å². The number of nitrogens with one attached hydrogen (secondary N) is 2. The predicted octanol–water partition coefficient (Wildman–Crippen LogP) is 1.94. The summed E-state index contributed by atoms with van der Waals surface area (Å²) in [6.07, 6.45) is 1.86. The fraction of sp³-hybridized carbons (Fsp3) is 0.250. The number of aromatic amines is 1. The van der Waals surface area contributed by atoms with Gasteiger partial charge in [0, 0.05) is 16.6 Å². The molecule has 0 aliphatic heterocycles. The number of ether oxygens (including phenoxy) is 1. The normalized spacial score (nSPS) is 10.3. The van der Waals surface area contributed by atoms with Gasteiger partial charge in [0.05, 0.1) is 25.0 Å². The number of nitrogens with zero attached hydrogens (tertiary/aromatic N) is 1. The average molecular weight is 379 g/mol. The molecule has 1 aromatic carbocycles. The molecule has 0 bridgehead atoms. The quantitative estimate of drug-likeness (QED) is 0.431. The summed E-state index contributed by atoms with van der Waals surface area (Å²) >= 11 is 2.67. The Morgan fingerprint density at radius 3 is 2.84 bits per heavy atom. The largest absolute Gasteiger partial charge is 0.469 e. The van der Waals surface area contributed by atoms with Gasteiger partial charge in [-0.2, -0.15) is 0 Å². The van der Waals surface area contributed by atoms with Crippen LogP contribution < -0.4 is 10.9 Å². The molecule has 0 atom stereocenters. The SMILES string of the molecule is COC(=O)Cc1cc(=O)[nH]c(SCC(=O)Nc2cccc(SC)c2)n1. The molecule has 7 nitrogen and oxygen atoms in total. The molecule has 132 valence electrons. The molecule has 0 saturated carbocycles. The number of aromatic nitrogens is 2. The maximum Gasteiger partial charge on any atom is 0.311 e. The van der Waals surface area contributed by atoms with E-state index in [0.717, 1.165) is 16.7 Å². The zero-order valence-corrected chi connectivity index (χ0v) is 15.3. The molecule has 1 aromatic heterocycles. The number of amides is 1. The number of esters is 1. The molecule has 0 aliphatic carbocycles. The van der Waals surface area contributed by atoms with Gasteiger partial charge in [-0.1, -0.05) is 17.8 Å². The molecule has 2 rings (SSSR count). The molecular formula is C16H17N3O4S2. The van der Waals surface area contributed by atoms with Crippen LogP contribution in [0.5, 0.6) is 0 Å². The van der Waals surface area contributed by atoms with Crippen molar-refractivity contribution in [2.75, 3.05) is 24.4 Å². The number of H-pyrrole nitrogens is 1. The van der Waals surface area contributed by atoms with Crippen LogP contribution in [0.15, 0.2) is 45.2 Å². The molecule has 0 unspecified atom stereocenters. The van der Waals surface area contributed by atoms with Crippen molar-refractivity contribution in [1.29, 1.82) is 0 Å². The van der Waals surface area contributed by atoms with Gasteiger partial charge in [-0.05, 0) is 24.5 Å². The monoisotopic (exact) mass is 379 g/mol. The third-order valence-electron chi connectivity index (χ3n) is 3.02. The van der Waals surface area contributed by atoms with Crippen molar-refractivity contribution < 1.29 is 14.3 Å². The van der Waals surface area contributed by atoms with E-state index in [1.54, 1.807) is 17.8 Å². The van der Waals surface area contributed by atoms with Crippen LogP contribution in [0.3, 0.4) is 0 Å². The van der Waals surface area contributed by atoms with E-state index >= 15 is 0 Å². The minimum atomic E-state index is -0.486. The van der Waals surface area contributed by atoms with Crippen molar-refractivity contribution in [3.63, 3.8) is 0 Å². The summed E-state index contributed by atoms with van der Waals surface area (Å²) in [5, 5.41) is 3.07.